The zero-order chi connectivity index (χ0) is 32.0. The van der Waals surface area contributed by atoms with E-state index in [1.165, 1.54) is 24.3 Å². The van der Waals surface area contributed by atoms with Crippen molar-refractivity contribution in [3.63, 3.8) is 0 Å². The number of nitrogens with one attached hydrogen (secondary N) is 1. The summed E-state index contributed by atoms with van der Waals surface area (Å²) in [6, 6.07) is 26.3. The van der Waals surface area contributed by atoms with E-state index in [0.29, 0.717) is 16.8 Å². The zero-order valence-corrected chi connectivity index (χ0v) is 25.4. The lowest BCUT2D eigenvalue weighted by atomic mass is 9.64. The van der Waals surface area contributed by atoms with Crippen LogP contribution in [0.4, 0.5) is 17.1 Å². The van der Waals surface area contributed by atoms with Crippen molar-refractivity contribution in [1.29, 1.82) is 0 Å². The molecule has 4 aromatic carbocycles. The first kappa shape index (κ1) is 29.3. The van der Waals surface area contributed by atoms with Gasteiger partial charge in [-0.15, -0.1) is 0 Å². The van der Waals surface area contributed by atoms with Crippen LogP contribution in [0.1, 0.15) is 63.6 Å². The van der Waals surface area contributed by atoms with Crippen molar-refractivity contribution in [2.24, 2.45) is 5.92 Å². The fourth-order valence-corrected chi connectivity index (χ4v) is 7.63. The molecule has 7 rings (SSSR count). The Morgan fingerprint density at radius 2 is 1.54 bits per heavy atom. The molecule has 0 bridgehead atoms. The van der Waals surface area contributed by atoms with Crippen LogP contribution in [0.3, 0.4) is 0 Å². The van der Waals surface area contributed by atoms with E-state index in [9.17, 15) is 19.7 Å². The zero-order valence-electron chi connectivity index (χ0n) is 25.4. The molecular formula is C38H33N3O5. The van der Waals surface area contributed by atoms with Gasteiger partial charge in [0.1, 0.15) is 11.5 Å². The van der Waals surface area contributed by atoms with Gasteiger partial charge in [-0.05, 0) is 53.8 Å². The molecular weight excluding hydrogens is 578 g/mol. The van der Waals surface area contributed by atoms with Gasteiger partial charge in [-0.25, -0.2) is 0 Å². The molecule has 1 fully saturated rings. The number of anilines is 2. The summed E-state index contributed by atoms with van der Waals surface area (Å²) < 4.78 is 0. The summed E-state index contributed by atoms with van der Waals surface area (Å²) in [6.45, 7) is 2.16. The largest absolute Gasteiger partial charge is 0.352 e. The van der Waals surface area contributed by atoms with Gasteiger partial charge < -0.3 is 10.2 Å². The van der Waals surface area contributed by atoms with Gasteiger partial charge in [0, 0.05) is 34.6 Å². The molecule has 0 aliphatic carbocycles. The minimum Gasteiger partial charge on any atom is -0.352 e. The average molecular weight is 612 g/mol. The molecule has 8 heteroatoms. The Labute approximate surface area is 266 Å². The van der Waals surface area contributed by atoms with E-state index in [0.717, 1.165) is 42.5 Å². The van der Waals surface area contributed by atoms with Crippen molar-refractivity contribution >= 4 is 40.6 Å². The third-order valence-electron chi connectivity index (χ3n) is 9.76. The molecule has 8 nitrogen and oxygen atoms in total. The Morgan fingerprint density at radius 1 is 0.870 bits per heavy atom. The van der Waals surface area contributed by atoms with Gasteiger partial charge in [-0.3, -0.25) is 24.5 Å². The highest BCUT2D eigenvalue weighted by Crippen LogP contribution is 2.58. The van der Waals surface area contributed by atoms with Crippen LogP contribution in [0.25, 0.3) is 6.08 Å². The highest BCUT2D eigenvalue weighted by molar-refractivity contribution is 6.18. The van der Waals surface area contributed by atoms with Crippen LogP contribution in [-0.4, -0.2) is 34.5 Å². The van der Waals surface area contributed by atoms with Crippen LogP contribution in [-0.2, 0) is 16.6 Å². The quantitative estimate of drug-likeness (QED) is 0.0929. The number of Topliss-reactive ketones (excluding diaryl/α,β-unsaturated/α-hetero) is 2. The van der Waals surface area contributed by atoms with E-state index in [1.54, 1.807) is 0 Å². The van der Waals surface area contributed by atoms with Crippen LogP contribution < -0.4 is 10.2 Å². The highest BCUT2D eigenvalue weighted by Gasteiger charge is 2.70. The summed E-state index contributed by atoms with van der Waals surface area (Å²) in [5.41, 5.74) is 3.13. The molecule has 230 valence electrons. The number of ketones is 2. The first-order valence-electron chi connectivity index (χ1n) is 15.7. The van der Waals surface area contributed by atoms with E-state index >= 15 is 4.79 Å². The minimum absolute atomic E-state index is 0.140. The molecule has 4 atom stereocenters. The van der Waals surface area contributed by atoms with Crippen molar-refractivity contribution in [3.8, 4) is 0 Å². The second-order valence-electron chi connectivity index (χ2n) is 12.2. The predicted molar refractivity (Wildman–Crippen MR) is 177 cm³/mol. The molecule has 4 aromatic rings. The Hall–Kier alpha value is -5.37. The number of non-ortho nitro benzene ring substituents is 1. The second-order valence-corrected chi connectivity index (χ2v) is 12.2. The maximum Gasteiger partial charge on any atom is 0.269 e. The van der Waals surface area contributed by atoms with Crippen LogP contribution in [0.2, 0.25) is 0 Å². The van der Waals surface area contributed by atoms with E-state index in [4.69, 9.17) is 0 Å². The number of unbranched alkanes of at least 4 members (excludes halogenated alkanes) is 2. The lowest BCUT2D eigenvalue weighted by Gasteiger charge is -2.37. The Kier molecular flexibility index (Phi) is 7.35. The SMILES string of the molecule is CCCCCc1ccc(C(=O)[C@@H]2[C@H](C(=O)c3ccc([N+](=O)[O-])cc3)N3c4ccccc4C=C[C@H]3[C@@]23C(=O)Nc2ccccc23)cc1. The molecule has 1 spiro atoms. The number of nitrogens with zero attached hydrogens (tertiary/aromatic N) is 2. The molecule has 0 saturated carbocycles. The third kappa shape index (κ3) is 4.47. The Morgan fingerprint density at radius 3 is 2.28 bits per heavy atom. The molecule has 1 amide bonds. The molecule has 3 aliphatic rings. The summed E-state index contributed by atoms with van der Waals surface area (Å²) in [6.07, 6.45) is 8.09. The van der Waals surface area contributed by atoms with Gasteiger partial charge in [0.25, 0.3) is 5.69 Å². The summed E-state index contributed by atoms with van der Waals surface area (Å²) in [5.74, 6) is -2.12. The molecule has 3 aliphatic heterocycles. The summed E-state index contributed by atoms with van der Waals surface area (Å²) >= 11 is 0. The summed E-state index contributed by atoms with van der Waals surface area (Å²) in [7, 11) is 0. The number of benzene rings is 4. The predicted octanol–water partition coefficient (Wildman–Crippen LogP) is 7.18. The van der Waals surface area contributed by atoms with Crippen molar-refractivity contribution in [2.75, 3.05) is 10.2 Å². The molecule has 1 saturated heterocycles. The van der Waals surface area contributed by atoms with Crippen LogP contribution in [0.15, 0.2) is 103 Å². The van der Waals surface area contributed by atoms with E-state index < -0.39 is 28.3 Å². The second kappa shape index (κ2) is 11.5. The molecule has 46 heavy (non-hydrogen) atoms. The third-order valence-corrected chi connectivity index (χ3v) is 9.76. The number of nitro benzene ring substituents is 1. The van der Waals surface area contributed by atoms with Crippen LogP contribution in [0, 0.1) is 16.0 Å². The van der Waals surface area contributed by atoms with Crippen LogP contribution in [0.5, 0.6) is 0 Å². The number of hydrogen-bond acceptors (Lipinski definition) is 6. The lowest BCUT2D eigenvalue weighted by molar-refractivity contribution is -0.384. The monoisotopic (exact) mass is 611 g/mol. The van der Waals surface area contributed by atoms with Crippen molar-refractivity contribution in [2.45, 2.75) is 50.1 Å². The van der Waals surface area contributed by atoms with Gasteiger partial charge in [0.2, 0.25) is 5.91 Å². The van der Waals surface area contributed by atoms with Gasteiger partial charge in [0.15, 0.2) is 11.6 Å². The molecule has 0 aromatic heterocycles. The number of hydrogen-bond donors (Lipinski definition) is 1. The maximum absolute atomic E-state index is 15.0. The maximum atomic E-state index is 15.0. The number of carbonyl (C=O) groups is 3. The topological polar surface area (TPSA) is 110 Å². The minimum atomic E-state index is -1.42. The highest BCUT2D eigenvalue weighted by atomic mass is 16.6. The number of aryl methyl sites for hydroxylation is 1. The molecule has 1 N–H and O–H groups in total. The van der Waals surface area contributed by atoms with Gasteiger partial charge >= 0.3 is 0 Å². The molecule has 3 heterocycles. The van der Waals surface area contributed by atoms with Gasteiger partial charge in [0.05, 0.1) is 16.9 Å². The smallest absolute Gasteiger partial charge is 0.269 e. The van der Waals surface area contributed by atoms with Crippen molar-refractivity contribution < 1.29 is 19.3 Å². The van der Waals surface area contributed by atoms with Crippen LogP contribution >= 0.6 is 0 Å². The summed E-state index contributed by atoms with van der Waals surface area (Å²) in [4.78, 5) is 57.1. The van der Waals surface area contributed by atoms with E-state index in [1.807, 2.05) is 89.8 Å². The first-order chi connectivity index (χ1) is 22.4. The molecule has 0 radical (unpaired) electrons. The van der Waals surface area contributed by atoms with E-state index in [-0.39, 0.29) is 28.7 Å². The average Bonchev–Trinajstić information content (AvgIpc) is 3.56. The number of rotatable bonds is 9. The summed E-state index contributed by atoms with van der Waals surface area (Å²) in [5, 5.41) is 14.4. The van der Waals surface area contributed by atoms with Crippen molar-refractivity contribution in [3.05, 3.63) is 141 Å². The molecule has 0 unspecified atom stereocenters. The fourth-order valence-electron chi connectivity index (χ4n) is 7.63. The van der Waals surface area contributed by atoms with E-state index in [2.05, 4.69) is 12.2 Å². The van der Waals surface area contributed by atoms with Gasteiger partial charge in [-0.2, -0.15) is 0 Å². The fraction of sp³-hybridized carbons (Fsp3) is 0.237. The number of para-hydroxylation sites is 2. The number of fused-ring (bicyclic) bond motifs is 6. The number of carbonyl (C=O) groups excluding carboxylic acids is 3. The lowest BCUT2D eigenvalue weighted by Crippen LogP contribution is -2.51. The van der Waals surface area contributed by atoms with Gasteiger partial charge in [-0.1, -0.05) is 92.6 Å². The number of amides is 1. The van der Waals surface area contributed by atoms with Crippen molar-refractivity contribution in [1.82, 2.24) is 0 Å². The Balaban J connectivity index is 1.43. The Bertz CT molecular complexity index is 1900. The standard InChI is InChI=1S/C38H33N3O5/c1-2-3-4-9-24-14-16-26(17-15-24)35(42)33-34(36(43)27-18-21-28(22-19-27)41(45)46)40-31-13-8-5-10-25(31)20-23-32(40)38(33)29-11-6-7-12-30(29)39-37(38)44/h5-8,10-23,32-34H,2-4,9H2,1H3,(H,39,44)/t32-,33-,34+,38+/m0/s1. The number of nitro groups is 1. The normalized spacial score (nSPS) is 22.2. The first-order valence-corrected chi connectivity index (χ1v) is 15.7.